The van der Waals surface area contributed by atoms with E-state index in [1.54, 1.807) is 25.1 Å². The van der Waals surface area contributed by atoms with E-state index in [0.29, 0.717) is 23.7 Å². The van der Waals surface area contributed by atoms with Crippen molar-refractivity contribution in [1.29, 1.82) is 0 Å². The molecule has 0 radical (unpaired) electrons. The Morgan fingerprint density at radius 2 is 1.95 bits per heavy atom. The van der Waals surface area contributed by atoms with Gasteiger partial charge in [0.1, 0.15) is 0 Å². The second kappa shape index (κ2) is 6.78. The van der Waals surface area contributed by atoms with Crippen molar-refractivity contribution in [2.45, 2.75) is 20.8 Å². The molecule has 104 valence electrons. The molecule has 0 bridgehead atoms. The molecule has 0 unspecified atom stereocenters. The van der Waals surface area contributed by atoms with Gasteiger partial charge < -0.3 is 16.4 Å². The van der Waals surface area contributed by atoms with E-state index in [2.05, 4.69) is 10.6 Å². The molecule has 1 aromatic rings. The van der Waals surface area contributed by atoms with Crippen molar-refractivity contribution in [2.24, 2.45) is 5.92 Å². The Balaban J connectivity index is 2.52. The van der Waals surface area contributed by atoms with Crippen molar-refractivity contribution < 1.29 is 9.59 Å². The summed E-state index contributed by atoms with van der Waals surface area (Å²) < 4.78 is 0. The molecule has 5 heteroatoms. The average molecular weight is 263 g/mol. The van der Waals surface area contributed by atoms with Gasteiger partial charge >= 0.3 is 0 Å². The van der Waals surface area contributed by atoms with Gasteiger partial charge in [-0.05, 0) is 30.5 Å². The molecule has 4 N–H and O–H groups in total. The normalized spacial score (nSPS) is 10.3. The van der Waals surface area contributed by atoms with E-state index in [4.69, 9.17) is 5.73 Å². The standard InChI is InChI=1S/C14H21N3O2/c1-9(2)7-16-13(18)8-17-14(19)11-5-4-6-12(15)10(11)3/h4-6,9H,7-8,15H2,1-3H3,(H,16,18)(H,17,19). The van der Waals surface area contributed by atoms with Gasteiger partial charge in [0.15, 0.2) is 0 Å². The molecule has 19 heavy (non-hydrogen) atoms. The SMILES string of the molecule is Cc1c(N)cccc1C(=O)NCC(=O)NCC(C)C. The van der Waals surface area contributed by atoms with Gasteiger partial charge in [-0.15, -0.1) is 0 Å². The van der Waals surface area contributed by atoms with Crippen molar-refractivity contribution >= 4 is 17.5 Å². The van der Waals surface area contributed by atoms with Crippen LogP contribution in [-0.2, 0) is 4.79 Å². The van der Waals surface area contributed by atoms with E-state index in [1.807, 2.05) is 13.8 Å². The van der Waals surface area contributed by atoms with Crippen molar-refractivity contribution in [3.8, 4) is 0 Å². The van der Waals surface area contributed by atoms with Crippen molar-refractivity contribution in [2.75, 3.05) is 18.8 Å². The lowest BCUT2D eigenvalue weighted by molar-refractivity contribution is -0.120. The quantitative estimate of drug-likeness (QED) is 0.695. The molecule has 0 aromatic heterocycles. The zero-order valence-electron chi connectivity index (χ0n) is 11.6. The largest absolute Gasteiger partial charge is 0.398 e. The molecule has 0 heterocycles. The van der Waals surface area contributed by atoms with E-state index < -0.39 is 0 Å². The van der Waals surface area contributed by atoms with E-state index in [0.717, 1.165) is 5.56 Å². The fourth-order valence-corrected chi connectivity index (χ4v) is 1.54. The predicted molar refractivity (Wildman–Crippen MR) is 75.8 cm³/mol. The zero-order chi connectivity index (χ0) is 14.4. The monoisotopic (exact) mass is 263 g/mol. The van der Waals surface area contributed by atoms with Gasteiger partial charge in [0.2, 0.25) is 5.91 Å². The maximum absolute atomic E-state index is 11.9. The number of hydrogen-bond acceptors (Lipinski definition) is 3. The Morgan fingerprint density at radius 3 is 2.58 bits per heavy atom. The minimum atomic E-state index is -0.288. The van der Waals surface area contributed by atoms with Gasteiger partial charge in [-0.2, -0.15) is 0 Å². The molecular weight excluding hydrogens is 242 g/mol. The smallest absolute Gasteiger partial charge is 0.252 e. The zero-order valence-corrected chi connectivity index (χ0v) is 11.6. The summed E-state index contributed by atoms with van der Waals surface area (Å²) in [5.74, 6) is -0.0936. The molecule has 0 aliphatic rings. The molecule has 0 fully saturated rings. The average Bonchev–Trinajstić information content (AvgIpc) is 2.36. The minimum Gasteiger partial charge on any atom is -0.398 e. The topological polar surface area (TPSA) is 84.2 Å². The van der Waals surface area contributed by atoms with Crippen molar-refractivity contribution in [1.82, 2.24) is 10.6 Å². The Hall–Kier alpha value is -2.04. The van der Waals surface area contributed by atoms with Crippen LogP contribution in [0.2, 0.25) is 0 Å². The van der Waals surface area contributed by atoms with Crippen LogP contribution in [-0.4, -0.2) is 24.9 Å². The maximum atomic E-state index is 11.9. The van der Waals surface area contributed by atoms with Gasteiger partial charge in [-0.3, -0.25) is 9.59 Å². The molecule has 0 saturated heterocycles. The van der Waals surface area contributed by atoms with Crippen LogP contribution in [0.3, 0.4) is 0 Å². The number of nitrogens with two attached hydrogens (primary N) is 1. The van der Waals surface area contributed by atoms with Crippen LogP contribution in [0.5, 0.6) is 0 Å². The number of carbonyl (C=O) groups excluding carboxylic acids is 2. The van der Waals surface area contributed by atoms with Crippen LogP contribution in [0.4, 0.5) is 5.69 Å². The number of benzene rings is 1. The molecule has 0 atom stereocenters. The number of anilines is 1. The number of rotatable bonds is 5. The summed E-state index contributed by atoms with van der Waals surface area (Å²) in [4.78, 5) is 23.4. The molecule has 1 aromatic carbocycles. The van der Waals surface area contributed by atoms with Crippen LogP contribution in [0.1, 0.15) is 29.8 Å². The van der Waals surface area contributed by atoms with Crippen LogP contribution in [0.25, 0.3) is 0 Å². The number of carbonyl (C=O) groups is 2. The Bertz CT molecular complexity index is 470. The number of hydrogen-bond donors (Lipinski definition) is 3. The molecule has 0 spiro atoms. The highest BCUT2D eigenvalue weighted by molar-refractivity contribution is 5.98. The summed E-state index contributed by atoms with van der Waals surface area (Å²) in [6, 6.07) is 5.14. The third kappa shape index (κ3) is 4.62. The second-order valence-electron chi connectivity index (χ2n) is 4.90. The maximum Gasteiger partial charge on any atom is 0.252 e. The van der Waals surface area contributed by atoms with Crippen molar-refractivity contribution in [3.63, 3.8) is 0 Å². The first-order chi connectivity index (χ1) is 8.91. The molecule has 2 amide bonds. The third-order valence-electron chi connectivity index (χ3n) is 2.74. The molecule has 5 nitrogen and oxygen atoms in total. The first-order valence-electron chi connectivity index (χ1n) is 6.31. The highest BCUT2D eigenvalue weighted by Crippen LogP contribution is 2.14. The Labute approximate surface area is 113 Å². The second-order valence-corrected chi connectivity index (χ2v) is 4.90. The lowest BCUT2D eigenvalue weighted by Gasteiger charge is -2.10. The van der Waals surface area contributed by atoms with E-state index in [9.17, 15) is 9.59 Å². The van der Waals surface area contributed by atoms with Crippen LogP contribution in [0.15, 0.2) is 18.2 Å². The van der Waals surface area contributed by atoms with Crippen LogP contribution < -0.4 is 16.4 Å². The van der Waals surface area contributed by atoms with E-state index >= 15 is 0 Å². The Kier molecular flexibility index (Phi) is 5.36. The van der Waals surface area contributed by atoms with E-state index in [1.165, 1.54) is 0 Å². The van der Waals surface area contributed by atoms with Gasteiger partial charge in [0.25, 0.3) is 5.91 Å². The molecule has 0 aliphatic carbocycles. The number of amides is 2. The molecular formula is C14H21N3O2. The first kappa shape index (κ1) is 15.0. The summed E-state index contributed by atoms with van der Waals surface area (Å²) in [7, 11) is 0. The van der Waals surface area contributed by atoms with Crippen LogP contribution >= 0.6 is 0 Å². The number of nitrogen functional groups attached to an aromatic ring is 1. The molecule has 1 rings (SSSR count). The fraction of sp³-hybridized carbons (Fsp3) is 0.429. The molecule has 0 saturated carbocycles. The number of nitrogens with one attached hydrogen (secondary N) is 2. The Morgan fingerprint density at radius 1 is 1.26 bits per heavy atom. The predicted octanol–water partition coefficient (Wildman–Crippen LogP) is 1.08. The highest BCUT2D eigenvalue weighted by Gasteiger charge is 2.11. The van der Waals surface area contributed by atoms with Crippen LogP contribution in [0, 0.1) is 12.8 Å². The summed E-state index contributed by atoms with van der Waals surface area (Å²) in [6.45, 7) is 6.37. The lowest BCUT2D eigenvalue weighted by Crippen LogP contribution is -2.38. The van der Waals surface area contributed by atoms with Gasteiger partial charge in [-0.25, -0.2) is 0 Å². The summed E-state index contributed by atoms with van der Waals surface area (Å²) in [5, 5.41) is 5.32. The third-order valence-corrected chi connectivity index (χ3v) is 2.74. The van der Waals surface area contributed by atoms with Gasteiger partial charge in [0.05, 0.1) is 6.54 Å². The lowest BCUT2D eigenvalue weighted by atomic mass is 10.1. The van der Waals surface area contributed by atoms with Gasteiger partial charge in [0, 0.05) is 17.8 Å². The van der Waals surface area contributed by atoms with Crippen molar-refractivity contribution in [3.05, 3.63) is 29.3 Å². The first-order valence-corrected chi connectivity index (χ1v) is 6.31. The summed E-state index contributed by atoms with van der Waals surface area (Å²) >= 11 is 0. The minimum absolute atomic E-state index is 0.0280. The fourth-order valence-electron chi connectivity index (χ4n) is 1.54. The van der Waals surface area contributed by atoms with Gasteiger partial charge in [-0.1, -0.05) is 19.9 Å². The van der Waals surface area contributed by atoms with E-state index in [-0.39, 0.29) is 18.4 Å². The summed E-state index contributed by atoms with van der Waals surface area (Å²) in [5.41, 5.74) is 7.52. The summed E-state index contributed by atoms with van der Waals surface area (Å²) in [6.07, 6.45) is 0. The highest BCUT2D eigenvalue weighted by atomic mass is 16.2. The molecule has 0 aliphatic heterocycles.